The highest BCUT2D eigenvalue weighted by Crippen LogP contribution is 2.31. The van der Waals surface area contributed by atoms with Gasteiger partial charge in [-0.3, -0.25) is 9.69 Å². The van der Waals surface area contributed by atoms with Crippen LogP contribution in [0.4, 0.5) is 36.8 Å². The van der Waals surface area contributed by atoms with Gasteiger partial charge in [-0.2, -0.15) is 26.3 Å². The van der Waals surface area contributed by atoms with E-state index in [2.05, 4.69) is 15.0 Å². The third kappa shape index (κ3) is 5.57. The first-order chi connectivity index (χ1) is 15.3. The molecular formula is C20H19F6N5O2. The third-order valence-electron chi connectivity index (χ3n) is 5.11. The van der Waals surface area contributed by atoms with Gasteiger partial charge in [-0.1, -0.05) is 13.8 Å². The number of Topliss-reactive ketones (excluding diaryl/α,β-unsaturated/α-hetero) is 1. The number of hydrogen-bond acceptors (Lipinski definition) is 5. The van der Waals surface area contributed by atoms with E-state index in [1.807, 2.05) is 13.8 Å². The summed E-state index contributed by atoms with van der Waals surface area (Å²) in [6, 6.07) is 1.50. The molecule has 1 fully saturated rings. The van der Waals surface area contributed by atoms with E-state index >= 15 is 0 Å². The van der Waals surface area contributed by atoms with E-state index in [1.165, 1.54) is 9.80 Å². The lowest BCUT2D eigenvalue weighted by molar-refractivity contribution is -0.142. The molecule has 3 rings (SSSR count). The number of urea groups is 1. The van der Waals surface area contributed by atoms with E-state index in [-0.39, 0.29) is 23.8 Å². The second kappa shape index (κ2) is 8.94. The molecule has 1 aliphatic rings. The molecule has 0 N–H and O–H groups in total. The number of aromatic nitrogens is 3. The van der Waals surface area contributed by atoms with Crippen LogP contribution in [0.1, 0.15) is 30.9 Å². The molecule has 0 unspecified atom stereocenters. The Hall–Kier alpha value is -3.25. The summed E-state index contributed by atoms with van der Waals surface area (Å²) in [5.41, 5.74) is -2.29. The smallest absolute Gasteiger partial charge is 0.312 e. The summed E-state index contributed by atoms with van der Waals surface area (Å²) in [5.74, 6) is -0.654. The Balaban J connectivity index is 1.75. The summed E-state index contributed by atoms with van der Waals surface area (Å²) in [5, 5.41) is 0. The van der Waals surface area contributed by atoms with Crippen molar-refractivity contribution in [2.45, 2.75) is 38.7 Å². The van der Waals surface area contributed by atoms with Gasteiger partial charge in [-0.25, -0.2) is 19.7 Å². The van der Waals surface area contributed by atoms with Crippen LogP contribution in [0.3, 0.4) is 0 Å². The van der Waals surface area contributed by atoms with Gasteiger partial charge in [0.05, 0.1) is 36.6 Å². The fraction of sp³-hybridized carbons (Fsp3) is 0.450. The average Bonchev–Trinajstić information content (AvgIpc) is 3.03. The van der Waals surface area contributed by atoms with Crippen molar-refractivity contribution in [1.29, 1.82) is 0 Å². The first-order valence-electron chi connectivity index (χ1n) is 9.78. The Kier molecular flexibility index (Phi) is 6.61. The second-order valence-corrected chi connectivity index (χ2v) is 7.84. The number of nitrogens with zero attached hydrogens (tertiary/aromatic N) is 5. The molecule has 3 heterocycles. The number of halogens is 6. The van der Waals surface area contributed by atoms with Crippen molar-refractivity contribution in [3.63, 3.8) is 0 Å². The molecule has 33 heavy (non-hydrogen) atoms. The lowest BCUT2D eigenvalue weighted by Crippen LogP contribution is -2.41. The maximum atomic E-state index is 13.0. The fourth-order valence-corrected chi connectivity index (χ4v) is 3.44. The largest absolute Gasteiger partial charge is 0.433 e. The number of amides is 2. The summed E-state index contributed by atoms with van der Waals surface area (Å²) >= 11 is 0. The van der Waals surface area contributed by atoms with E-state index in [9.17, 15) is 35.9 Å². The predicted molar refractivity (Wildman–Crippen MR) is 103 cm³/mol. The van der Waals surface area contributed by atoms with Crippen LogP contribution in [0.2, 0.25) is 0 Å². The zero-order valence-corrected chi connectivity index (χ0v) is 17.5. The Morgan fingerprint density at radius 1 is 1.06 bits per heavy atom. The van der Waals surface area contributed by atoms with Crippen molar-refractivity contribution < 1.29 is 35.9 Å². The van der Waals surface area contributed by atoms with Gasteiger partial charge in [0.15, 0.2) is 5.78 Å². The van der Waals surface area contributed by atoms with Gasteiger partial charge in [0.2, 0.25) is 0 Å². The van der Waals surface area contributed by atoms with Gasteiger partial charge in [0, 0.05) is 6.54 Å². The van der Waals surface area contributed by atoms with E-state index in [1.54, 1.807) is 0 Å². The number of hydrogen-bond donors (Lipinski definition) is 0. The molecule has 2 amide bonds. The van der Waals surface area contributed by atoms with Crippen molar-refractivity contribution in [3.8, 4) is 0 Å². The normalized spacial score (nSPS) is 17.2. The third-order valence-corrected chi connectivity index (χ3v) is 5.11. The summed E-state index contributed by atoms with van der Waals surface area (Å²) in [6.45, 7) is 3.34. The fourth-order valence-electron chi connectivity index (χ4n) is 3.44. The molecule has 13 heteroatoms. The van der Waals surface area contributed by atoms with Gasteiger partial charge < -0.3 is 4.90 Å². The summed E-state index contributed by atoms with van der Waals surface area (Å²) in [4.78, 5) is 38.2. The Morgan fingerprint density at radius 2 is 1.73 bits per heavy atom. The number of carbonyl (C=O) groups is 2. The summed E-state index contributed by atoms with van der Waals surface area (Å²) in [7, 11) is 0. The lowest BCUT2D eigenvalue weighted by Gasteiger charge is -2.25. The molecule has 0 radical (unpaired) electrons. The monoisotopic (exact) mass is 475 g/mol. The molecule has 2 aromatic heterocycles. The molecule has 0 spiro atoms. The predicted octanol–water partition coefficient (Wildman–Crippen LogP) is 3.99. The molecule has 0 aliphatic carbocycles. The zero-order chi connectivity index (χ0) is 24.6. The molecule has 0 saturated carbocycles. The molecule has 1 aliphatic heterocycles. The first-order valence-corrected chi connectivity index (χ1v) is 9.78. The minimum Gasteiger partial charge on any atom is -0.312 e. The summed E-state index contributed by atoms with van der Waals surface area (Å²) < 4.78 is 76.7. The number of pyridine rings is 1. The highest BCUT2D eigenvalue weighted by atomic mass is 19.4. The second-order valence-electron chi connectivity index (χ2n) is 7.84. The minimum absolute atomic E-state index is 0.106. The maximum Gasteiger partial charge on any atom is 0.433 e. The van der Waals surface area contributed by atoms with Gasteiger partial charge in [0.25, 0.3) is 0 Å². The number of carbonyl (C=O) groups excluding carboxylic acids is 2. The zero-order valence-electron chi connectivity index (χ0n) is 17.5. The quantitative estimate of drug-likeness (QED) is 0.591. The Morgan fingerprint density at radius 3 is 2.27 bits per heavy atom. The van der Waals surface area contributed by atoms with Crippen molar-refractivity contribution in [2.24, 2.45) is 5.92 Å². The van der Waals surface area contributed by atoms with Crippen LogP contribution in [-0.2, 0) is 23.6 Å². The Bertz CT molecular complexity index is 1020. The minimum atomic E-state index is -4.69. The molecule has 0 bridgehead atoms. The van der Waals surface area contributed by atoms with Crippen LogP contribution < -0.4 is 4.90 Å². The average molecular weight is 475 g/mol. The van der Waals surface area contributed by atoms with Crippen molar-refractivity contribution in [1.82, 2.24) is 19.9 Å². The summed E-state index contributed by atoms with van der Waals surface area (Å²) in [6.07, 6.45) is -8.11. The van der Waals surface area contributed by atoms with Crippen LogP contribution in [0, 0.1) is 5.92 Å². The van der Waals surface area contributed by atoms with E-state index in [0.29, 0.717) is 12.4 Å². The Labute approximate surface area is 184 Å². The number of anilines is 1. The van der Waals surface area contributed by atoms with Crippen LogP contribution >= 0.6 is 0 Å². The van der Waals surface area contributed by atoms with E-state index in [0.717, 1.165) is 18.3 Å². The van der Waals surface area contributed by atoms with Crippen molar-refractivity contribution in [2.75, 3.05) is 18.0 Å². The molecular weight excluding hydrogens is 456 g/mol. The number of alkyl halides is 6. The highest BCUT2D eigenvalue weighted by Gasteiger charge is 2.41. The maximum absolute atomic E-state index is 13.0. The standard InChI is InChI=1S/C20H19F6N5O2/c1-11(2)15-9-30(13-3-4-16(27-7-13)19(21,22)23)18(33)31(15)8-14(32)5-12-6-17(20(24,25)26)29-10-28-12/h3-4,6-7,10-11,15H,5,8-9H2,1-2H3/t15-/m1/s1. The van der Waals surface area contributed by atoms with Gasteiger partial charge >= 0.3 is 18.4 Å². The molecule has 0 aromatic carbocycles. The molecule has 2 aromatic rings. The van der Waals surface area contributed by atoms with Crippen LogP contribution in [0.25, 0.3) is 0 Å². The molecule has 178 valence electrons. The van der Waals surface area contributed by atoms with Gasteiger partial charge in [0.1, 0.15) is 17.7 Å². The molecule has 1 atom stereocenters. The van der Waals surface area contributed by atoms with Crippen molar-refractivity contribution >= 4 is 17.5 Å². The van der Waals surface area contributed by atoms with Crippen LogP contribution in [0.5, 0.6) is 0 Å². The topological polar surface area (TPSA) is 79.3 Å². The molecule has 1 saturated heterocycles. The van der Waals surface area contributed by atoms with Gasteiger partial charge in [-0.05, 0) is 24.1 Å². The highest BCUT2D eigenvalue weighted by molar-refractivity contribution is 5.97. The lowest BCUT2D eigenvalue weighted by atomic mass is 10.0. The van der Waals surface area contributed by atoms with Crippen LogP contribution in [-0.4, -0.2) is 50.8 Å². The van der Waals surface area contributed by atoms with E-state index < -0.39 is 54.6 Å². The number of rotatable bonds is 6. The number of ketones is 1. The SMILES string of the molecule is CC(C)[C@H]1CN(c2ccc(C(F)(F)F)nc2)C(=O)N1CC(=O)Cc1cc(C(F)(F)F)ncn1. The molecule has 7 nitrogen and oxygen atoms in total. The first kappa shape index (κ1) is 24.4. The van der Waals surface area contributed by atoms with E-state index in [4.69, 9.17) is 0 Å². The van der Waals surface area contributed by atoms with Crippen LogP contribution in [0.15, 0.2) is 30.7 Å². The van der Waals surface area contributed by atoms with Gasteiger partial charge in [-0.15, -0.1) is 0 Å². The van der Waals surface area contributed by atoms with Crippen molar-refractivity contribution in [3.05, 3.63) is 47.8 Å².